The average Bonchev–Trinajstić information content (AvgIpc) is 2.27. The van der Waals surface area contributed by atoms with Crippen molar-refractivity contribution < 1.29 is 4.74 Å². The second-order valence-corrected chi connectivity index (χ2v) is 4.02. The molecular weight excluding hydrogens is 222 g/mol. The van der Waals surface area contributed by atoms with E-state index in [9.17, 15) is 0 Å². The molecular formula is C13H16ClNO. The van der Waals surface area contributed by atoms with E-state index in [1.165, 1.54) is 0 Å². The highest BCUT2D eigenvalue weighted by atomic mass is 35.5. The van der Waals surface area contributed by atoms with Crippen LogP contribution in [0.25, 0.3) is 0 Å². The summed E-state index contributed by atoms with van der Waals surface area (Å²) in [7, 11) is 1.64. The second-order valence-electron chi connectivity index (χ2n) is 3.61. The lowest BCUT2D eigenvalue weighted by Gasteiger charge is -2.14. The molecule has 0 amide bonds. The number of nitrogens with one attached hydrogen (secondary N) is 1. The van der Waals surface area contributed by atoms with Crippen molar-refractivity contribution in [3.63, 3.8) is 0 Å². The first kappa shape index (κ1) is 12.9. The van der Waals surface area contributed by atoms with Crippen LogP contribution in [0.15, 0.2) is 18.2 Å². The van der Waals surface area contributed by atoms with Gasteiger partial charge in [0.05, 0.1) is 7.11 Å². The van der Waals surface area contributed by atoms with Crippen molar-refractivity contribution in [2.75, 3.05) is 7.11 Å². The maximum atomic E-state index is 6.11. The van der Waals surface area contributed by atoms with E-state index in [0.717, 1.165) is 11.3 Å². The van der Waals surface area contributed by atoms with Gasteiger partial charge in [0.2, 0.25) is 0 Å². The first-order valence-electron chi connectivity index (χ1n) is 5.17. The standard InChI is InChI=1S/C13H16ClNO/c1-4-6-10(2)15-9-11-12(14)7-5-8-13(11)16-3/h1,5,7-8,10,15H,6,9H2,2-3H3. The number of methoxy groups -OCH3 is 1. The smallest absolute Gasteiger partial charge is 0.124 e. The first-order valence-corrected chi connectivity index (χ1v) is 5.55. The Hall–Kier alpha value is -1.17. The van der Waals surface area contributed by atoms with E-state index in [2.05, 4.69) is 11.2 Å². The number of terminal acetylenes is 1. The summed E-state index contributed by atoms with van der Waals surface area (Å²) in [5, 5.41) is 4.02. The molecule has 0 spiro atoms. The number of hydrogen-bond donors (Lipinski definition) is 1. The number of benzene rings is 1. The summed E-state index contributed by atoms with van der Waals surface area (Å²) in [5.41, 5.74) is 0.968. The Labute approximate surface area is 102 Å². The van der Waals surface area contributed by atoms with Crippen molar-refractivity contribution in [1.82, 2.24) is 5.32 Å². The summed E-state index contributed by atoms with van der Waals surface area (Å²) < 4.78 is 5.25. The van der Waals surface area contributed by atoms with E-state index >= 15 is 0 Å². The molecule has 0 heterocycles. The Morgan fingerprint density at radius 3 is 2.94 bits per heavy atom. The van der Waals surface area contributed by atoms with Crippen molar-refractivity contribution in [2.45, 2.75) is 25.9 Å². The van der Waals surface area contributed by atoms with Gasteiger partial charge in [-0.2, -0.15) is 0 Å². The van der Waals surface area contributed by atoms with Crippen molar-refractivity contribution in [3.05, 3.63) is 28.8 Å². The fraction of sp³-hybridized carbons (Fsp3) is 0.385. The normalized spacial score (nSPS) is 11.9. The number of halogens is 1. The molecule has 86 valence electrons. The number of rotatable bonds is 5. The largest absolute Gasteiger partial charge is 0.496 e. The Morgan fingerprint density at radius 1 is 1.56 bits per heavy atom. The highest BCUT2D eigenvalue weighted by molar-refractivity contribution is 6.31. The molecule has 0 aromatic heterocycles. The van der Waals surface area contributed by atoms with E-state index in [-0.39, 0.29) is 6.04 Å². The van der Waals surface area contributed by atoms with Crippen LogP contribution in [0, 0.1) is 12.3 Å². The van der Waals surface area contributed by atoms with Gasteiger partial charge in [0.15, 0.2) is 0 Å². The van der Waals surface area contributed by atoms with E-state index < -0.39 is 0 Å². The molecule has 0 radical (unpaired) electrons. The molecule has 0 aliphatic carbocycles. The van der Waals surface area contributed by atoms with Crippen molar-refractivity contribution >= 4 is 11.6 Å². The lowest BCUT2D eigenvalue weighted by molar-refractivity contribution is 0.406. The van der Waals surface area contributed by atoms with Crippen LogP contribution in [0.4, 0.5) is 0 Å². The lowest BCUT2D eigenvalue weighted by atomic mass is 10.1. The van der Waals surface area contributed by atoms with Gasteiger partial charge in [-0.25, -0.2) is 0 Å². The van der Waals surface area contributed by atoms with Crippen LogP contribution in [-0.2, 0) is 6.54 Å². The minimum Gasteiger partial charge on any atom is -0.496 e. The maximum absolute atomic E-state index is 6.11. The summed E-state index contributed by atoms with van der Waals surface area (Å²) in [6.45, 7) is 2.70. The number of ether oxygens (including phenoxy) is 1. The van der Waals surface area contributed by atoms with Crippen molar-refractivity contribution in [3.8, 4) is 18.1 Å². The molecule has 1 unspecified atom stereocenters. The zero-order valence-corrected chi connectivity index (χ0v) is 10.3. The maximum Gasteiger partial charge on any atom is 0.124 e. The monoisotopic (exact) mass is 237 g/mol. The predicted octanol–water partition coefficient (Wildman–Crippen LogP) is 2.85. The molecule has 0 saturated heterocycles. The fourth-order valence-electron chi connectivity index (χ4n) is 1.43. The molecule has 1 aromatic rings. The van der Waals surface area contributed by atoms with Gasteiger partial charge in [-0.15, -0.1) is 12.3 Å². The lowest BCUT2D eigenvalue weighted by Crippen LogP contribution is -2.25. The molecule has 2 nitrogen and oxygen atoms in total. The molecule has 0 saturated carbocycles. The third-order valence-electron chi connectivity index (χ3n) is 2.35. The average molecular weight is 238 g/mol. The van der Waals surface area contributed by atoms with Gasteiger partial charge in [-0.1, -0.05) is 17.7 Å². The summed E-state index contributed by atoms with van der Waals surface area (Å²) in [6, 6.07) is 5.89. The van der Waals surface area contributed by atoms with Crippen LogP contribution in [0.1, 0.15) is 18.9 Å². The molecule has 16 heavy (non-hydrogen) atoms. The Bertz CT molecular complexity index is 384. The molecule has 1 rings (SSSR count). The van der Waals surface area contributed by atoms with Crippen LogP contribution in [-0.4, -0.2) is 13.2 Å². The summed E-state index contributed by atoms with van der Waals surface area (Å²) in [5.74, 6) is 3.42. The van der Waals surface area contributed by atoms with Gasteiger partial charge in [0.25, 0.3) is 0 Å². The van der Waals surface area contributed by atoms with Crippen molar-refractivity contribution in [1.29, 1.82) is 0 Å². The Balaban J connectivity index is 2.69. The number of hydrogen-bond acceptors (Lipinski definition) is 2. The minimum atomic E-state index is 0.269. The van der Waals surface area contributed by atoms with Gasteiger partial charge in [-0.05, 0) is 19.1 Å². The van der Waals surface area contributed by atoms with Crippen LogP contribution < -0.4 is 10.1 Å². The molecule has 0 aliphatic rings. The fourth-order valence-corrected chi connectivity index (χ4v) is 1.66. The van der Waals surface area contributed by atoms with Crippen LogP contribution >= 0.6 is 11.6 Å². The van der Waals surface area contributed by atoms with Gasteiger partial charge in [0, 0.05) is 29.6 Å². The van der Waals surface area contributed by atoms with E-state index in [4.69, 9.17) is 22.8 Å². The minimum absolute atomic E-state index is 0.269. The summed E-state index contributed by atoms with van der Waals surface area (Å²) in [6.07, 6.45) is 5.94. The van der Waals surface area contributed by atoms with Gasteiger partial charge < -0.3 is 10.1 Å². The van der Waals surface area contributed by atoms with Crippen LogP contribution in [0.2, 0.25) is 5.02 Å². The highest BCUT2D eigenvalue weighted by Gasteiger charge is 2.08. The van der Waals surface area contributed by atoms with Gasteiger partial charge in [0.1, 0.15) is 5.75 Å². The molecule has 1 N–H and O–H groups in total. The molecule has 0 fully saturated rings. The molecule has 0 bridgehead atoms. The SMILES string of the molecule is C#CCC(C)NCc1c(Cl)cccc1OC. The molecule has 1 atom stereocenters. The van der Waals surface area contributed by atoms with Crippen LogP contribution in [0.5, 0.6) is 5.75 Å². The third kappa shape index (κ3) is 3.44. The first-order chi connectivity index (χ1) is 7.69. The summed E-state index contributed by atoms with van der Waals surface area (Å²) >= 11 is 6.11. The quantitative estimate of drug-likeness (QED) is 0.796. The van der Waals surface area contributed by atoms with Crippen LogP contribution in [0.3, 0.4) is 0 Å². The molecule has 1 aromatic carbocycles. The van der Waals surface area contributed by atoms with Crippen molar-refractivity contribution in [2.24, 2.45) is 0 Å². The molecule has 3 heteroatoms. The predicted molar refractivity (Wildman–Crippen MR) is 67.8 cm³/mol. The zero-order chi connectivity index (χ0) is 12.0. The zero-order valence-electron chi connectivity index (χ0n) is 9.59. The van der Waals surface area contributed by atoms with E-state index in [1.54, 1.807) is 7.11 Å². The van der Waals surface area contributed by atoms with E-state index in [0.29, 0.717) is 18.0 Å². The van der Waals surface area contributed by atoms with Gasteiger partial charge in [-0.3, -0.25) is 0 Å². The Kier molecular flexibility index (Phi) is 5.18. The third-order valence-corrected chi connectivity index (χ3v) is 2.70. The Morgan fingerprint density at radius 2 is 2.31 bits per heavy atom. The topological polar surface area (TPSA) is 21.3 Å². The summed E-state index contributed by atoms with van der Waals surface area (Å²) in [4.78, 5) is 0. The molecule has 0 aliphatic heterocycles. The van der Waals surface area contributed by atoms with Gasteiger partial charge >= 0.3 is 0 Å². The highest BCUT2D eigenvalue weighted by Crippen LogP contribution is 2.25. The second kappa shape index (κ2) is 6.42. The van der Waals surface area contributed by atoms with E-state index in [1.807, 2.05) is 25.1 Å².